The quantitative estimate of drug-likeness (QED) is 0.608. The molecule has 17 heavy (non-hydrogen) atoms. The molecule has 0 bridgehead atoms. The van der Waals surface area contributed by atoms with Gasteiger partial charge >= 0.3 is 15.5 Å². The van der Waals surface area contributed by atoms with Crippen LogP contribution in [-0.4, -0.2) is 19.8 Å². The molecule has 0 aliphatic carbocycles. The van der Waals surface area contributed by atoms with Crippen LogP contribution in [0.4, 0.5) is 13.2 Å². The maximum absolute atomic E-state index is 11.9. The molecule has 0 saturated heterocycles. The Morgan fingerprint density at radius 3 is 2.41 bits per heavy atom. The van der Waals surface area contributed by atoms with E-state index in [1.165, 1.54) is 12.1 Å². The van der Waals surface area contributed by atoms with Crippen LogP contribution < -0.4 is 5.11 Å². The van der Waals surface area contributed by atoms with E-state index in [0.29, 0.717) is 0 Å². The van der Waals surface area contributed by atoms with Crippen molar-refractivity contribution in [2.75, 3.05) is 0 Å². The van der Waals surface area contributed by atoms with Gasteiger partial charge in [0.1, 0.15) is 0 Å². The summed E-state index contributed by atoms with van der Waals surface area (Å²) in [6.45, 7) is 0. The van der Waals surface area contributed by atoms with Crippen LogP contribution in [0.5, 0.6) is 0 Å². The molecule has 0 N–H and O–H groups in total. The molecule has 4 nitrogen and oxygen atoms in total. The Morgan fingerprint density at radius 2 is 1.94 bits per heavy atom. The fourth-order valence-electron chi connectivity index (χ4n) is 0.835. The van der Waals surface area contributed by atoms with Crippen molar-refractivity contribution in [3.63, 3.8) is 0 Å². The highest BCUT2D eigenvalue weighted by molar-refractivity contribution is 7.91. The third-order valence-electron chi connectivity index (χ3n) is 1.57. The fraction of sp³-hybridized carbons (Fsp3) is 0.125. The molecule has 1 aromatic carbocycles. The second-order valence-electron chi connectivity index (χ2n) is 2.83. The molecule has 0 heterocycles. The molecule has 0 fully saturated rings. The summed E-state index contributed by atoms with van der Waals surface area (Å²) < 4.78 is 59.1. The monoisotopic (exact) mass is 286 g/mol. The molecule has 0 unspecified atom stereocenters. The molecule has 0 saturated carbocycles. The van der Waals surface area contributed by atoms with E-state index in [1.807, 2.05) is 0 Å². The summed E-state index contributed by atoms with van der Waals surface area (Å²) in [5.41, 5.74) is -5.94. The molecule has 94 valence electrons. The van der Waals surface area contributed by atoms with E-state index in [2.05, 4.69) is 4.40 Å². The lowest BCUT2D eigenvalue weighted by Gasteiger charge is -2.11. The van der Waals surface area contributed by atoms with Crippen molar-refractivity contribution in [3.05, 3.63) is 34.9 Å². The summed E-state index contributed by atoms with van der Waals surface area (Å²) in [6.07, 6.45) is 0. The molecule has 0 amide bonds. The lowest BCUT2D eigenvalue weighted by atomic mass is 10.2. The second-order valence-corrected chi connectivity index (χ2v) is 4.86. The zero-order chi connectivity index (χ0) is 13.3. The van der Waals surface area contributed by atoms with Crippen LogP contribution in [0.3, 0.4) is 0 Å². The van der Waals surface area contributed by atoms with Crippen molar-refractivity contribution in [3.8, 4) is 0 Å². The maximum atomic E-state index is 11.9. The van der Waals surface area contributed by atoms with Crippen molar-refractivity contribution in [2.45, 2.75) is 5.51 Å². The van der Waals surface area contributed by atoms with Crippen molar-refractivity contribution in [1.82, 2.24) is 0 Å². The first kappa shape index (κ1) is 13.8. The highest BCUT2D eigenvalue weighted by Crippen LogP contribution is 2.25. The van der Waals surface area contributed by atoms with Gasteiger partial charge in [0.15, 0.2) is 0 Å². The summed E-state index contributed by atoms with van der Waals surface area (Å²) in [4.78, 5) is 0. The lowest BCUT2D eigenvalue weighted by molar-refractivity contribution is -0.212. The number of benzene rings is 1. The van der Waals surface area contributed by atoms with E-state index in [9.17, 15) is 26.7 Å². The minimum absolute atomic E-state index is 0.0791. The van der Waals surface area contributed by atoms with E-state index < -0.39 is 21.4 Å². The summed E-state index contributed by atoms with van der Waals surface area (Å²) >= 11 is 5.48. The van der Waals surface area contributed by atoms with Crippen LogP contribution >= 0.6 is 11.6 Å². The molecular weight excluding hydrogens is 283 g/mol. The molecule has 0 atom stereocenters. The van der Waals surface area contributed by atoms with E-state index in [-0.39, 0.29) is 10.6 Å². The van der Waals surface area contributed by atoms with Gasteiger partial charge in [0, 0.05) is 10.9 Å². The number of halogens is 4. The Balaban J connectivity index is 3.19. The van der Waals surface area contributed by atoms with Gasteiger partial charge < -0.3 is 5.11 Å². The van der Waals surface area contributed by atoms with Gasteiger partial charge in [-0.05, 0) is 17.7 Å². The second kappa shape index (κ2) is 4.53. The van der Waals surface area contributed by atoms with Gasteiger partial charge in [0.05, 0.1) is 0 Å². The van der Waals surface area contributed by atoms with Gasteiger partial charge in [0.2, 0.25) is 0 Å². The zero-order valence-corrected chi connectivity index (χ0v) is 9.47. The Bertz CT molecular complexity index is 553. The van der Waals surface area contributed by atoms with Gasteiger partial charge in [-0.1, -0.05) is 23.7 Å². The number of nitrogens with zero attached hydrogens (tertiary/aromatic N) is 1. The Hall–Kier alpha value is -1.28. The molecule has 0 aliphatic heterocycles. The minimum atomic E-state index is -5.83. The molecule has 1 aromatic rings. The molecular formula is C8H4ClF3NO3S-. The van der Waals surface area contributed by atoms with Crippen LogP contribution in [0.2, 0.25) is 5.02 Å². The number of sulfonamides is 1. The van der Waals surface area contributed by atoms with Crippen LogP contribution in [0.25, 0.3) is 0 Å². The SMILES string of the molecule is O=S(=O)(/N=C(\[O-])c1cccc(Cl)c1)C(F)(F)F. The minimum Gasteiger partial charge on any atom is -0.858 e. The first-order valence-corrected chi connectivity index (χ1v) is 5.79. The Kier molecular flexibility index (Phi) is 3.68. The highest BCUT2D eigenvalue weighted by atomic mass is 35.5. The summed E-state index contributed by atoms with van der Waals surface area (Å²) in [6, 6.07) is 4.77. The molecule has 9 heteroatoms. The number of rotatable bonds is 2. The third-order valence-corrected chi connectivity index (χ3v) is 2.79. The normalized spacial score (nSPS) is 13.8. The number of alkyl halides is 3. The average Bonchev–Trinajstić information content (AvgIpc) is 2.15. The Morgan fingerprint density at radius 1 is 1.35 bits per heavy atom. The molecule has 1 rings (SSSR count). The average molecular weight is 287 g/mol. The summed E-state index contributed by atoms with van der Waals surface area (Å²) in [5.74, 6) is -1.52. The fourth-order valence-corrected chi connectivity index (χ4v) is 1.45. The van der Waals surface area contributed by atoms with E-state index in [1.54, 1.807) is 0 Å². The van der Waals surface area contributed by atoms with E-state index in [4.69, 9.17) is 11.6 Å². The molecule has 0 radical (unpaired) electrons. The van der Waals surface area contributed by atoms with Gasteiger partial charge in [-0.25, -0.2) is 0 Å². The first-order chi connectivity index (χ1) is 7.63. The standard InChI is InChI=1S/C8H5ClF3NO3S/c9-6-3-1-2-5(4-6)7(14)13-17(15,16)8(10,11)12/h1-4H,(H,13,14)/p-1. The number of hydrogen-bond acceptors (Lipinski definition) is 3. The van der Waals surface area contributed by atoms with Crippen LogP contribution in [0, 0.1) is 0 Å². The predicted octanol–water partition coefficient (Wildman–Crippen LogP) is 1.30. The smallest absolute Gasteiger partial charge is 0.518 e. The van der Waals surface area contributed by atoms with E-state index in [0.717, 1.165) is 12.1 Å². The van der Waals surface area contributed by atoms with Crippen molar-refractivity contribution in [2.24, 2.45) is 4.40 Å². The third kappa shape index (κ3) is 3.34. The van der Waals surface area contributed by atoms with Crippen molar-refractivity contribution in [1.29, 1.82) is 0 Å². The van der Waals surface area contributed by atoms with Gasteiger partial charge in [-0.15, -0.1) is 0 Å². The predicted molar refractivity (Wildman–Crippen MR) is 53.0 cm³/mol. The first-order valence-electron chi connectivity index (χ1n) is 3.98. The molecule has 0 aromatic heterocycles. The summed E-state index contributed by atoms with van der Waals surface area (Å²) in [5, 5.41) is 11.2. The van der Waals surface area contributed by atoms with Crippen molar-refractivity contribution >= 4 is 27.5 Å². The zero-order valence-electron chi connectivity index (χ0n) is 7.90. The van der Waals surface area contributed by atoms with Gasteiger partial charge in [-0.3, -0.25) is 0 Å². The van der Waals surface area contributed by atoms with Crippen molar-refractivity contribution < 1.29 is 26.7 Å². The van der Waals surface area contributed by atoms with Crippen LogP contribution in [0.1, 0.15) is 5.56 Å². The molecule has 0 spiro atoms. The van der Waals surface area contributed by atoms with Gasteiger partial charge in [0.25, 0.3) is 0 Å². The topological polar surface area (TPSA) is 69.6 Å². The van der Waals surface area contributed by atoms with Gasteiger partial charge in [-0.2, -0.15) is 26.0 Å². The number of hydrogen-bond donors (Lipinski definition) is 0. The van der Waals surface area contributed by atoms with Crippen LogP contribution in [0.15, 0.2) is 28.7 Å². The van der Waals surface area contributed by atoms with Crippen LogP contribution in [-0.2, 0) is 10.0 Å². The maximum Gasteiger partial charge on any atom is 0.518 e. The molecule has 0 aliphatic rings. The van der Waals surface area contributed by atoms with E-state index >= 15 is 0 Å². The Labute approximate surface area is 99.4 Å². The highest BCUT2D eigenvalue weighted by Gasteiger charge is 2.45. The largest absolute Gasteiger partial charge is 0.858 e. The summed E-state index contributed by atoms with van der Waals surface area (Å²) in [7, 11) is -5.83. The lowest BCUT2D eigenvalue weighted by Crippen LogP contribution is -2.27.